The van der Waals surface area contributed by atoms with Crippen LogP contribution in [0, 0.1) is 11.2 Å². The standard InChI is InChI=1S/C25H26F4N4O3/c26-18-12-21(33-9-7-24(8-10-33)5-3-16(4-6-24)36-14-22(34)35)30-13-17(18)23-31-19-2-1-15(25(27,28)29)11-20(19)32-23/h1-2,11-13,16H,3-10,14H2,(H,31,32)(H,34,35). The number of aromatic amines is 1. The van der Waals surface area contributed by atoms with Crippen molar-refractivity contribution in [3.8, 4) is 11.4 Å². The third kappa shape index (κ3) is 5.02. The molecule has 1 saturated carbocycles. The molecule has 1 aromatic carbocycles. The maximum absolute atomic E-state index is 15.0. The fourth-order valence-corrected chi connectivity index (χ4v) is 5.35. The quantitative estimate of drug-likeness (QED) is 0.450. The molecule has 2 aromatic heterocycles. The van der Waals surface area contributed by atoms with E-state index in [1.165, 1.54) is 18.3 Å². The molecule has 3 heterocycles. The minimum Gasteiger partial charge on any atom is -0.480 e. The SMILES string of the molecule is O=C(O)COC1CCC2(CC1)CCN(c1cc(F)c(-c3nc4ccc(C(F)(F)F)cc4[nH]3)cn1)CC2. The van der Waals surface area contributed by atoms with Gasteiger partial charge in [0.2, 0.25) is 0 Å². The number of carboxylic acids is 1. The van der Waals surface area contributed by atoms with Crippen molar-refractivity contribution in [1.29, 1.82) is 0 Å². The number of fused-ring (bicyclic) bond motifs is 1. The summed E-state index contributed by atoms with van der Waals surface area (Å²) in [6, 6.07) is 4.51. The molecule has 2 aliphatic rings. The summed E-state index contributed by atoms with van der Waals surface area (Å²) in [6.07, 6.45) is 2.40. The average molecular weight is 507 g/mol. The number of hydrogen-bond donors (Lipinski definition) is 2. The monoisotopic (exact) mass is 506 g/mol. The van der Waals surface area contributed by atoms with E-state index in [0.29, 0.717) is 11.3 Å². The number of carboxylic acid groups (broad SMARTS) is 1. The van der Waals surface area contributed by atoms with Gasteiger partial charge in [-0.3, -0.25) is 0 Å². The molecule has 2 fully saturated rings. The maximum atomic E-state index is 15.0. The third-order valence-electron chi connectivity index (χ3n) is 7.49. The Balaban J connectivity index is 1.24. The number of nitrogens with zero attached hydrogens (tertiary/aromatic N) is 3. The highest BCUT2D eigenvalue weighted by molar-refractivity contribution is 5.80. The van der Waals surface area contributed by atoms with Crippen LogP contribution in [0.15, 0.2) is 30.5 Å². The Labute approximate surface area is 204 Å². The second-order valence-electron chi connectivity index (χ2n) is 9.73. The minimum absolute atomic E-state index is 0.00800. The smallest absolute Gasteiger partial charge is 0.416 e. The molecule has 0 unspecified atom stereocenters. The molecule has 36 heavy (non-hydrogen) atoms. The van der Waals surface area contributed by atoms with Crippen LogP contribution >= 0.6 is 0 Å². The summed E-state index contributed by atoms with van der Waals surface area (Å²) in [4.78, 5) is 24.2. The van der Waals surface area contributed by atoms with Gasteiger partial charge in [-0.15, -0.1) is 0 Å². The van der Waals surface area contributed by atoms with E-state index < -0.39 is 23.5 Å². The minimum atomic E-state index is -4.48. The van der Waals surface area contributed by atoms with Crippen LogP contribution in [-0.2, 0) is 15.7 Å². The van der Waals surface area contributed by atoms with Gasteiger partial charge in [-0.2, -0.15) is 13.2 Å². The lowest BCUT2D eigenvalue weighted by Gasteiger charge is -2.46. The molecular formula is C25H26F4N4O3. The first-order valence-corrected chi connectivity index (χ1v) is 11.9. The highest BCUT2D eigenvalue weighted by Gasteiger charge is 2.39. The van der Waals surface area contributed by atoms with E-state index in [0.717, 1.165) is 63.7 Å². The summed E-state index contributed by atoms with van der Waals surface area (Å²) < 4.78 is 59.5. The number of hydrogen-bond acceptors (Lipinski definition) is 5. The van der Waals surface area contributed by atoms with Crippen molar-refractivity contribution in [3.05, 3.63) is 41.8 Å². The predicted octanol–water partition coefficient (Wildman–Crippen LogP) is 5.41. The summed E-state index contributed by atoms with van der Waals surface area (Å²) in [5.41, 5.74) is -0.0275. The number of ether oxygens (including phenoxy) is 1. The van der Waals surface area contributed by atoms with Crippen LogP contribution in [0.25, 0.3) is 22.4 Å². The van der Waals surface area contributed by atoms with E-state index in [1.54, 1.807) is 0 Å². The van der Waals surface area contributed by atoms with Crippen LogP contribution in [0.4, 0.5) is 23.4 Å². The normalized spacial score (nSPS) is 18.7. The van der Waals surface area contributed by atoms with Gasteiger partial charge in [-0.05, 0) is 62.1 Å². The Morgan fingerprint density at radius 1 is 1.17 bits per heavy atom. The molecule has 7 nitrogen and oxygen atoms in total. The molecule has 5 rings (SSSR count). The van der Waals surface area contributed by atoms with E-state index in [-0.39, 0.29) is 35.0 Å². The third-order valence-corrected chi connectivity index (χ3v) is 7.49. The Bertz CT molecular complexity index is 1260. The molecule has 192 valence electrons. The van der Waals surface area contributed by atoms with Gasteiger partial charge in [-0.1, -0.05) is 0 Å². The lowest BCUT2D eigenvalue weighted by atomic mass is 9.67. The average Bonchev–Trinajstić information content (AvgIpc) is 3.27. The lowest BCUT2D eigenvalue weighted by Crippen LogP contribution is -2.43. The first-order chi connectivity index (χ1) is 17.1. The first-order valence-electron chi connectivity index (χ1n) is 11.9. The summed E-state index contributed by atoms with van der Waals surface area (Å²) >= 11 is 0. The Kier molecular flexibility index (Phi) is 6.36. The fourth-order valence-electron chi connectivity index (χ4n) is 5.35. The molecule has 1 aliphatic carbocycles. The molecular weight excluding hydrogens is 480 g/mol. The van der Waals surface area contributed by atoms with Gasteiger partial charge in [0, 0.05) is 25.4 Å². The number of H-pyrrole nitrogens is 1. The maximum Gasteiger partial charge on any atom is 0.416 e. The number of imidazole rings is 1. The van der Waals surface area contributed by atoms with Crippen LogP contribution in [0.5, 0.6) is 0 Å². The van der Waals surface area contributed by atoms with E-state index in [1.807, 2.05) is 4.90 Å². The second-order valence-corrected chi connectivity index (χ2v) is 9.73. The van der Waals surface area contributed by atoms with E-state index in [2.05, 4.69) is 15.0 Å². The number of rotatable bonds is 5. The lowest BCUT2D eigenvalue weighted by molar-refractivity contribution is -0.145. The number of halogens is 4. The number of piperidine rings is 1. The number of carbonyl (C=O) groups is 1. The van der Waals surface area contributed by atoms with Crippen LogP contribution in [-0.4, -0.2) is 51.8 Å². The van der Waals surface area contributed by atoms with Crippen molar-refractivity contribution in [1.82, 2.24) is 15.0 Å². The highest BCUT2D eigenvalue weighted by atomic mass is 19.4. The molecule has 0 bridgehead atoms. The van der Waals surface area contributed by atoms with Crippen LogP contribution in [0.3, 0.4) is 0 Å². The zero-order valence-electron chi connectivity index (χ0n) is 19.4. The number of aromatic nitrogens is 3. The summed E-state index contributed by atoms with van der Waals surface area (Å²) in [5.74, 6) is -0.864. The van der Waals surface area contributed by atoms with E-state index >= 15 is 4.39 Å². The number of benzene rings is 1. The second kappa shape index (κ2) is 9.34. The van der Waals surface area contributed by atoms with Crippen molar-refractivity contribution in [2.45, 2.75) is 50.8 Å². The van der Waals surface area contributed by atoms with E-state index in [4.69, 9.17) is 9.84 Å². The van der Waals surface area contributed by atoms with Gasteiger partial charge in [0.05, 0.1) is 28.3 Å². The van der Waals surface area contributed by atoms with Gasteiger partial charge < -0.3 is 19.7 Å². The Morgan fingerprint density at radius 2 is 1.89 bits per heavy atom. The zero-order valence-corrected chi connectivity index (χ0v) is 19.4. The van der Waals surface area contributed by atoms with Crippen LogP contribution < -0.4 is 4.90 Å². The highest BCUT2D eigenvalue weighted by Crippen LogP contribution is 2.45. The molecule has 1 spiro atoms. The van der Waals surface area contributed by atoms with Gasteiger partial charge in [0.25, 0.3) is 0 Å². The van der Waals surface area contributed by atoms with Crippen molar-refractivity contribution in [3.63, 3.8) is 0 Å². The summed E-state index contributed by atoms with van der Waals surface area (Å²) in [5, 5.41) is 8.79. The van der Waals surface area contributed by atoms with Crippen molar-refractivity contribution in [2.24, 2.45) is 5.41 Å². The van der Waals surface area contributed by atoms with Crippen molar-refractivity contribution >= 4 is 22.8 Å². The number of anilines is 1. The largest absolute Gasteiger partial charge is 0.480 e. The molecule has 0 atom stereocenters. The van der Waals surface area contributed by atoms with Gasteiger partial charge in [-0.25, -0.2) is 19.2 Å². The topological polar surface area (TPSA) is 91.3 Å². The number of pyridine rings is 1. The van der Waals surface area contributed by atoms with Crippen LogP contribution in [0.2, 0.25) is 0 Å². The number of aliphatic carboxylic acids is 1. The Hall–Kier alpha value is -3.21. The molecule has 3 aromatic rings. The first kappa shape index (κ1) is 24.5. The number of nitrogens with one attached hydrogen (secondary N) is 1. The Morgan fingerprint density at radius 3 is 2.53 bits per heavy atom. The van der Waals surface area contributed by atoms with Crippen molar-refractivity contribution < 1.29 is 32.2 Å². The van der Waals surface area contributed by atoms with Gasteiger partial charge >= 0.3 is 12.1 Å². The zero-order chi connectivity index (χ0) is 25.5. The molecule has 0 radical (unpaired) electrons. The fraction of sp³-hybridized carbons (Fsp3) is 0.480. The summed E-state index contributed by atoms with van der Waals surface area (Å²) in [6.45, 7) is 1.20. The van der Waals surface area contributed by atoms with Crippen LogP contribution in [0.1, 0.15) is 44.1 Å². The molecule has 2 N–H and O–H groups in total. The van der Waals surface area contributed by atoms with E-state index in [9.17, 15) is 18.0 Å². The van der Waals surface area contributed by atoms with Gasteiger partial charge in [0.15, 0.2) is 0 Å². The summed E-state index contributed by atoms with van der Waals surface area (Å²) in [7, 11) is 0. The molecule has 11 heteroatoms. The van der Waals surface area contributed by atoms with Crippen molar-refractivity contribution in [2.75, 3.05) is 24.6 Å². The molecule has 1 aliphatic heterocycles. The molecule has 0 amide bonds. The molecule has 1 saturated heterocycles. The number of alkyl halides is 3. The predicted molar refractivity (Wildman–Crippen MR) is 124 cm³/mol. The van der Waals surface area contributed by atoms with Gasteiger partial charge in [0.1, 0.15) is 24.1 Å².